The Kier molecular flexibility index (Phi) is 10.2. The Labute approximate surface area is 218 Å². The Morgan fingerprint density at radius 3 is 1.94 bits per heavy atom. The van der Waals surface area contributed by atoms with Crippen LogP contribution in [0.1, 0.15) is 37.0 Å². The zero-order chi connectivity index (χ0) is 25.2. The van der Waals surface area contributed by atoms with Crippen LogP contribution in [0.4, 0.5) is 0 Å². The second kappa shape index (κ2) is 13.3. The number of rotatable bonds is 11. The van der Waals surface area contributed by atoms with Crippen LogP contribution in [-0.4, -0.2) is 29.3 Å². The first-order valence-corrected chi connectivity index (χ1v) is 12.7. The van der Waals surface area contributed by atoms with Crippen LogP contribution in [0, 0.1) is 5.92 Å². The van der Waals surface area contributed by atoms with Gasteiger partial charge in [0.2, 0.25) is 11.8 Å². The van der Waals surface area contributed by atoms with E-state index in [-0.39, 0.29) is 18.2 Å². The first-order chi connectivity index (χ1) is 16.8. The second-order valence-corrected chi connectivity index (χ2v) is 10.0. The molecule has 1 atom stereocenters. The van der Waals surface area contributed by atoms with Crippen LogP contribution in [0.2, 0.25) is 10.0 Å². The van der Waals surface area contributed by atoms with Gasteiger partial charge < -0.3 is 10.2 Å². The number of hydrogen-bond donors (Lipinski definition) is 1. The molecule has 1 N–H and O–H groups in total. The molecule has 0 fully saturated rings. The zero-order valence-corrected chi connectivity index (χ0v) is 21.7. The molecule has 184 valence electrons. The minimum atomic E-state index is -0.653. The van der Waals surface area contributed by atoms with E-state index < -0.39 is 6.04 Å². The van der Waals surface area contributed by atoms with Gasteiger partial charge in [-0.3, -0.25) is 9.59 Å². The van der Waals surface area contributed by atoms with Gasteiger partial charge >= 0.3 is 0 Å². The number of carbonyl (C=O) groups excluding carboxylic acids is 2. The maximum atomic E-state index is 13.7. The first kappa shape index (κ1) is 26.8. The Morgan fingerprint density at radius 1 is 0.800 bits per heavy atom. The van der Waals surface area contributed by atoms with Crippen molar-refractivity contribution in [2.75, 3.05) is 6.54 Å². The Bertz CT molecular complexity index is 1080. The summed E-state index contributed by atoms with van der Waals surface area (Å²) in [6, 6.07) is 23.8. The summed E-state index contributed by atoms with van der Waals surface area (Å²) >= 11 is 12.1. The van der Waals surface area contributed by atoms with Crippen LogP contribution in [0.15, 0.2) is 78.9 Å². The SMILES string of the molecule is CC(C)CCNC(=O)[C@@H](Cc1ccccc1)N(Cc1ccc(Cl)cc1)C(=O)Cc1ccc(Cl)cc1. The van der Waals surface area contributed by atoms with Gasteiger partial charge in [-0.05, 0) is 53.3 Å². The van der Waals surface area contributed by atoms with Gasteiger partial charge in [0.25, 0.3) is 0 Å². The fraction of sp³-hybridized carbons (Fsp3) is 0.310. The Balaban J connectivity index is 1.91. The van der Waals surface area contributed by atoms with Crippen LogP contribution >= 0.6 is 23.2 Å². The summed E-state index contributed by atoms with van der Waals surface area (Å²) in [5, 5.41) is 4.31. The van der Waals surface area contributed by atoms with Crippen molar-refractivity contribution >= 4 is 35.0 Å². The molecule has 0 aromatic heterocycles. The molecule has 0 saturated carbocycles. The Morgan fingerprint density at radius 2 is 1.37 bits per heavy atom. The van der Waals surface area contributed by atoms with Crippen molar-refractivity contribution in [2.45, 2.75) is 45.7 Å². The summed E-state index contributed by atoms with van der Waals surface area (Å²) in [7, 11) is 0. The van der Waals surface area contributed by atoms with E-state index in [9.17, 15) is 9.59 Å². The molecule has 3 aromatic carbocycles. The lowest BCUT2D eigenvalue weighted by molar-refractivity contribution is -0.140. The molecule has 3 rings (SSSR count). The Hall–Kier alpha value is -2.82. The summed E-state index contributed by atoms with van der Waals surface area (Å²) in [6.07, 6.45) is 1.48. The number of nitrogens with zero attached hydrogens (tertiary/aromatic N) is 1. The normalized spacial score (nSPS) is 11.8. The quantitative estimate of drug-likeness (QED) is 0.327. The highest BCUT2D eigenvalue weighted by Gasteiger charge is 2.30. The van der Waals surface area contributed by atoms with Crippen LogP contribution in [0.3, 0.4) is 0 Å². The van der Waals surface area contributed by atoms with Crippen LogP contribution in [0.5, 0.6) is 0 Å². The van der Waals surface area contributed by atoms with Gasteiger partial charge in [-0.2, -0.15) is 0 Å². The molecule has 0 aliphatic rings. The molecule has 0 unspecified atom stereocenters. The van der Waals surface area contributed by atoms with E-state index in [1.54, 1.807) is 29.2 Å². The number of nitrogens with one attached hydrogen (secondary N) is 1. The van der Waals surface area contributed by atoms with Gasteiger partial charge in [-0.25, -0.2) is 0 Å². The largest absolute Gasteiger partial charge is 0.354 e. The number of halogens is 2. The minimum Gasteiger partial charge on any atom is -0.354 e. The molecule has 2 amide bonds. The average Bonchev–Trinajstić information content (AvgIpc) is 2.84. The van der Waals surface area contributed by atoms with Crippen molar-refractivity contribution < 1.29 is 9.59 Å². The van der Waals surface area contributed by atoms with Crippen LogP contribution < -0.4 is 5.32 Å². The molecule has 0 heterocycles. The van der Waals surface area contributed by atoms with Crippen molar-refractivity contribution in [3.8, 4) is 0 Å². The lowest BCUT2D eigenvalue weighted by Gasteiger charge is -2.32. The molecule has 6 heteroatoms. The monoisotopic (exact) mass is 510 g/mol. The van der Waals surface area contributed by atoms with Crippen molar-refractivity contribution in [1.82, 2.24) is 10.2 Å². The van der Waals surface area contributed by atoms with E-state index >= 15 is 0 Å². The highest BCUT2D eigenvalue weighted by molar-refractivity contribution is 6.30. The number of amides is 2. The van der Waals surface area contributed by atoms with Crippen molar-refractivity contribution in [3.63, 3.8) is 0 Å². The molecule has 0 bridgehead atoms. The maximum absolute atomic E-state index is 13.7. The minimum absolute atomic E-state index is 0.123. The molecule has 0 saturated heterocycles. The molecule has 0 spiro atoms. The standard InChI is InChI=1S/C29H32Cl2N2O2/c1-21(2)16-17-32-29(35)27(18-22-6-4-3-5-7-22)33(20-24-10-14-26(31)15-11-24)28(34)19-23-8-12-25(30)13-9-23/h3-15,21,27H,16-20H2,1-2H3,(H,32,35)/t27-/m1/s1. The van der Waals surface area contributed by atoms with Gasteiger partial charge in [0, 0.05) is 29.6 Å². The number of carbonyl (C=O) groups is 2. The molecule has 0 aliphatic carbocycles. The van der Waals surface area contributed by atoms with E-state index in [0.717, 1.165) is 23.1 Å². The number of hydrogen-bond acceptors (Lipinski definition) is 2. The molecule has 4 nitrogen and oxygen atoms in total. The predicted molar refractivity (Wildman–Crippen MR) is 144 cm³/mol. The smallest absolute Gasteiger partial charge is 0.243 e. The summed E-state index contributed by atoms with van der Waals surface area (Å²) in [5.74, 6) is 0.203. The third kappa shape index (κ3) is 8.72. The van der Waals surface area contributed by atoms with E-state index in [1.807, 2.05) is 54.6 Å². The topological polar surface area (TPSA) is 49.4 Å². The summed E-state index contributed by atoms with van der Waals surface area (Å²) in [5.41, 5.74) is 2.75. The lowest BCUT2D eigenvalue weighted by atomic mass is 10.0. The van der Waals surface area contributed by atoms with Gasteiger partial charge in [-0.1, -0.05) is 91.6 Å². The summed E-state index contributed by atoms with van der Waals surface area (Å²) < 4.78 is 0. The zero-order valence-electron chi connectivity index (χ0n) is 20.2. The van der Waals surface area contributed by atoms with Gasteiger partial charge in [0.1, 0.15) is 6.04 Å². The average molecular weight is 511 g/mol. The molecule has 0 radical (unpaired) electrons. The molecular formula is C29H32Cl2N2O2. The van der Waals surface area contributed by atoms with Crippen molar-refractivity contribution in [1.29, 1.82) is 0 Å². The number of benzene rings is 3. The third-order valence-electron chi connectivity index (χ3n) is 5.83. The lowest BCUT2D eigenvalue weighted by Crippen LogP contribution is -2.51. The molecular weight excluding hydrogens is 479 g/mol. The molecule has 0 aliphatic heterocycles. The van der Waals surface area contributed by atoms with E-state index in [0.29, 0.717) is 35.5 Å². The fourth-order valence-corrected chi connectivity index (χ4v) is 4.07. The highest BCUT2D eigenvalue weighted by Crippen LogP contribution is 2.19. The van der Waals surface area contributed by atoms with Gasteiger partial charge in [0.05, 0.1) is 6.42 Å². The highest BCUT2D eigenvalue weighted by atomic mass is 35.5. The second-order valence-electron chi connectivity index (χ2n) is 9.13. The van der Waals surface area contributed by atoms with E-state index in [4.69, 9.17) is 23.2 Å². The van der Waals surface area contributed by atoms with Gasteiger partial charge in [-0.15, -0.1) is 0 Å². The maximum Gasteiger partial charge on any atom is 0.243 e. The van der Waals surface area contributed by atoms with Gasteiger partial charge in [0.15, 0.2) is 0 Å². The van der Waals surface area contributed by atoms with E-state index in [2.05, 4.69) is 19.2 Å². The summed E-state index contributed by atoms with van der Waals surface area (Å²) in [4.78, 5) is 28.8. The first-order valence-electron chi connectivity index (χ1n) is 11.9. The third-order valence-corrected chi connectivity index (χ3v) is 6.33. The van der Waals surface area contributed by atoms with Crippen LogP contribution in [-0.2, 0) is 29.0 Å². The van der Waals surface area contributed by atoms with E-state index in [1.165, 1.54) is 0 Å². The van der Waals surface area contributed by atoms with Crippen molar-refractivity contribution in [2.24, 2.45) is 5.92 Å². The van der Waals surface area contributed by atoms with Crippen molar-refractivity contribution in [3.05, 3.63) is 106 Å². The van der Waals surface area contributed by atoms with Crippen LogP contribution in [0.25, 0.3) is 0 Å². The fourth-order valence-electron chi connectivity index (χ4n) is 3.82. The molecule has 3 aromatic rings. The molecule has 35 heavy (non-hydrogen) atoms. The summed E-state index contributed by atoms with van der Waals surface area (Å²) in [6.45, 7) is 5.12. The predicted octanol–water partition coefficient (Wildman–Crippen LogP) is 6.34.